The first-order chi connectivity index (χ1) is 12.9. The Kier molecular flexibility index (Phi) is 5.71. The lowest BCUT2D eigenvalue weighted by atomic mass is 10.1. The van der Waals surface area contributed by atoms with E-state index in [9.17, 15) is 18.8 Å². The minimum Gasteiger partial charge on any atom is -0.455 e. The number of ether oxygens (including phenoxy) is 1. The first kappa shape index (κ1) is 18.8. The van der Waals surface area contributed by atoms with Crippen molar-refractivity contribution in [2.75, 3.05) is 23.4 Å². The molecule has 1 heterocycles. The minimum absolute atomic E-state index is 0.00160. The molecule has 1 aliphatic heterocycles. The normalized spacial score (nSPS) is 16.3. The third-order valence-electron chi connectivity index (χ3n) is 4.07. The molecule has 0 unspecified atom stereocenters. The van der Waals surface area contributed by atoms with Crippen molar-refractivity contribution in [2.24, 2.45) is 5.92 Å². The van der Waals surface area contributed by atoms with Gasteiger partial charge in [-0.2, -0.15) is 0 Å². The summed E-state index contributed by atoms with van der Waals surface area (Å²) in [5, 5.41) is 2.81. The summed E-state index contributed by atoms with van der Waals surface area (Å²) in [4.78, 5) is 37.6. The van der Waals surface area contributed by atoms with Crippen molar-refractivity contribution in [3.63, 3.8) is 0 Å². The van der Waals surface area contributed by atoms with Gasteiger partial charge in [0.25, 0.3) is 5.91 Å². The lowest BCUT2D eigenvalue weighted by Gasteiger charge is -2.16. The summed E-state index contributed by atoms with van der Waals surface area (Å²) in [7, 11) is 0. The second-order valence-corrected chi connectivity index (χ2v) is 6.46. The van der Waals surface area contributed by atoms with E-state index in [0.717, 1.165) is 0 Å². The van der Waals surface area contributed by atoms with Gasteiger partial charge in [0.2, 0.25) is 5.91 Å². The number of nitrogens with one attached hydrogen (secondary N) is 1. The molecule has 6 nitrogen and oxygen atoms in total. The molecule has 0 bridgehead atoms. The van der Waals surface area contributed by atoms with Crippen molar-refractivity contribution in [1.29, 1.82) is 0 Å². The van der Waals surface area contributed by atoms with Crippen molar-refractivity contribution in [3.8, 4) is 0 Å². The number of carbonyl (C=O) groups excluding carboxylic acids is 3. The van der Waals surface area contributed by atoms with Crippen molar-refractivity contribution in [3.05, 3.63) is 59.4 Å². The number of rotatable bonds is 5. The summed E-state index contributed by atoms with van der Waals surface area (Å²) in [5.74, 6) is -2.82. The number of halogens is 2. The van der Waals surface area contributed by atoms with Gasteiger partial charge < -0.3 is 15.0 Å². The third-order valence-corrected chi connectivity index (χ3v) is 4.31. The number of carbonyl (C=O) groups is 3. The molecule has 3 rings (SSSR count). The fourth-order valence-corrected chi connectivity index (χ4v) is 2.95. The molecule has 140 valence electrons. The van der Waals surface area contributed by atoms with Crippen LogP contribution in [0.2, 0.25) is 5.02 Å². The van der Waals surface area contributed by atoms with E-state index in [-0.39, 0.29) is 24.6 Å². The second kappa shape index (κ2) is 8.18. The molecular weight excluding hydrogens is 375 g/mol. The maximum absolute atomic E-state index is 13.5. The van der Waals surface area contributed by atoms with Crippen molar-refractivity contribution >= 4 is 40.8 Å². The fourth-order valence-electron chi connectivity index (χ4n) is 2.76. The topological polar surface area (TPSA) is 75.7 Å². The molecule has 1 saturated heterocycles. The number of benzene rings is 2. The highest BCUT2D eigenvalue weighted by atomic mass is 35.5. The molecule has 0 aliphatic carbocycles. The molecule has 1 aliphatic rings. The van der Waals surface area contributed by atoms with Crippen LogP contribution in [0.4, 0.5) is 15.8 Å². The van der Waals surface area contributed by atoms with Crippen LogP contribution >= 0.6 is 11.6 Å². The molecule has 0 radical (unpaired) electrons. The Morgan fingerprint density at radius 3 is 2.74 bits per heavy atom. The van der Waals surface area contributed by atoms with Crippen LogP contribution in [0.3, 0.4) is 0 Å². The highest BCUT2D eigenvalue weighted by Gasteiger charge is 2.36. The van der Waals surface area contributed by atoms with Crippen LogP contribution in [0.15, 0.2) is 48.5 Å². The molecule has 1 fully saturated rings. The molecule has 0 aromatic heterocycles. The summed E-state index contributed by atoms with van der Waals surface area (Å²) in [6.45, 7) is -0.415. The van der Waals surface area contributed by atoms with E-state index < -0.39 is 30.2 Å². The van der Waals surface area contributed by atoms with Crippen molar-refractivity contribution < 1.29 is 23.5 Å². The summed E-state index contributed by atoms with van der Waals surface area (Å²) in [5.41, 5.74) is 0.599. The second-order valence-electron chi connectivity index (χ2n) is 6.02. The van der Waals surface area contributed by atoms with Crippen LogP contribution in [-0.4, -0.2) is 30.9 Å². The first-order valence-corrected chi connectivity index (χ1v) is 8.59. The Morgan fingerprint density at radius 1 is 1.22 bits per heavy atom. The molecule has 2 amide bonds. The van der Waals surface area contributed by atoms with Gasteiger partial charge in [-0.05, 0) is 30.3 Å². The highest BCUT2D eigenvalue weighted by Crippen LogP contribution is 2.27. The van der Waals surface area contributed by atoms with Gasteiger partial charge in [-0.15, -0.1) is 0 Å². The van der Waals surface area contributed by atoms with Gasteiger partial charge in [0.1, 0.15) is 5.82 Å². The molecule has 2 aromatic rings. The zero-order chi connectivity index (χ0) is 19.4. The van der Waals surface area contributed by atoms with Gasteiger partial charge in [0.05, 0.1) is 11.6 Å². The molecule has 2 aromatic carbocycles. The van der Waals surface area contributed by atoms with E-state index in [0.29, 0.717) is 10.7 Å². The van der Waals surface area contributed by atoms with Crippen molar-refractivity contribution in [1.82, 2.24) is 0 Å². The van der Waals surface area contributed by atoms with Crippen LogP contribution < -0.4 is 10.2 Å². The van der Waals surface area contributed by atoms with E-state index >= 15 is 0 Å². The van der Waals surface area contributed by atoms with Gasteiger partial charge in [-0.1, -0.05) is 29.8 Å². The Balaban J connectivity index is 1.53. The number of para-hydroxylation sites is 1. The zero-order valence-corrected chi connectivity index (χ0v) is 14.9. The zero-order valence-electron chi connectivity index (χ0n) is 14.2. The maximum atomic E-state index is 13.5. The number of esters is 1. The Hall–Kier alpha value is -2.93. The largest absolute Gasteiger partial charge is 0.455 e. The van der Waals surface area contributed by atoms with Gasteiger partial charge in [0.15, 0.2) is 6.61 Å². The predicted octanol–water partition coefficient (Wildman–Crippen LogP) is 3.01. The Labute approximate surface area is 159 Å². The smallest absolute Gasteiger partial charge is 0.311 e. The molecule has 1 atom stereocenters. The summed E-state index contributed by atoms with van der Waals surface area (Å²) >= 11 is 5.93. The molecular formula is C19H16ClFN2O4. The Bertz CT molecular complexity index is 890. The van der Waals surface area contributed by atoms with Crippen LogP contribution in [0, 0.1) is 11.7 Å². The number of hydrogen-bond donors (Lipinski definition) is 1. The molecule has 27 heavy (non-hydrogen) atoms. The van der Waals surface area contributed by atoms with Gasteiger partial charge in [0, 0.05) is 23.7 Å². The number of hydrogen-bond acceptors (Lipinski definition) is 4. The molecule has 8 heteroatoms. The minimum atomic E-state index is -0.683. The average Bonchev–Trinajstić information content (AvgIpc) is 3.03. The van der Waals surface area contributed by atoms with E-state index in [1.165, 1.54) is 23.1 Å². The fraction of sp³-hybridized carbons (Fsp3) is 0.211. The first-order valence-electron chi connectivity index (χ1n) is 8.21. The average molecular weight is 391 g/mol. The summed E-state index contributed by atoms with van der Waals surface area (Å²) < 4.78 is 18.5. The van der Waals surface area contributed by atoms with E-state index in [2.05, 4.69) is 5.32 Å². The summed E-state index contributed by atoms with van der Waals surface area (Å²) in [6.07, 6.45) is -0.0136. The van der Waals surface area contributed by atoms with E-state index in [4.69, 9.17) is 16.3 Å². The Morgan fingerprint density at radius 2 is 2.00 bits per heavy atom. The quantitative estimate of drug-likeness (QED) is 0.796. The third kappa shape index (κ3) is 4.62. The van der Waals surface area contributed by atoms with Gasteiger partial charge in [-0.25, -0.2) is 4.39 Å². The number of nitrogens with zero attached hydrogens (tertiary/aromatic N) is 1. The predicted molar refractivity (Wildman–Crippen MR) is 97.9 cm³/mol. The van der Waals surface area contributed by atoms with Crippen LogP contribution in [0.1, 0.15) is 6.42 Å². The highest BCUT2D eigenvalue weighted by molar-refractivity contribution is 6.31. The molecule has 0 saturated carbocycles. The lowest BCUT2D eigenvalue weighted by molar-refractivity contribution is -0.151. The van der Waals surface area contributed by atoms with E-state index in [1.807, 2.05) is 0 Å². The summed E-state index contributed by atoms with van der Waals surface area (Å²) in [6, 6.07) is 12.4. The monoisotopic (exact) mass is 390 g/mol. The van der Waals surface area contributed by atoms with Crippen LogP contribution in [-0.2, 0) is 19.1 Å². The van der Waals surface area contributed by atoms with Crippen molar-refractivity contribution in [2.45, 2.75) is 6.42 Å². The lowest BCUT2D eigenvalue weighted by Crippen LogP contribution is -2.28. The molecule has 0 spiro atoms. The van der Waals surface area contributed by atoms with Crippen LogP contribution in [0.5, 0.6) is 0 Å². The van der Waals surface area contributed by atoms with E-state index in [1.54, 1.807) is 30.3 Å². The SMILES string of the molecule is O=C(COC(=O)[C@H]1CC(=O)N(c2cccc(Cl)c2)C1)Nc1ccccc1F. The molecule has 1 N–H and O–H groups in total. The number of anilines is 2. The van der Waals surface area contributed by atoms with Gasteiger partial charge in [-0.3, -0.25) is 14.4 Å². The standard InChI is InChI=1S/C19H16ClFN2O4/c20-13-4-3-5-14(9-13)23-10-12(8-18(23)25)19(26)27-11-17(24)22-16-7-2-1-6-15(16)21/h1-7,9,12H,8,10-11H2,(H,22,24)/t12-/m0/s1. The number of amides is 2. The van der Waals surface area contributed by atoms with Gasteiger partial charge >= 0.3 is 5.97 Å². The van der Waals surface area contributed by atoms with Crippen LogP contribution in [0.25, 0.3) is 0 Å². The maximum Gasteiger partial charge on any atom is 0.311 e.